The molecule has 27 heavy (non-hydrogen) atoms. The predicted molar refractivity (Wildman–Crippen MR) is 95.4 cm³/mol. The second-order valence-corrected chi connectivity index (χ2v) is 6.41. The fourth-order valence-electron chi connectivity index (χ4n) is 2.72. The molecule has 0 bridgehead atoms. The van der Waals surface area contributed by atoms with Crippen LogP contribution in [0.2, 0.25) is 5.02 Å². The first-order valence-corrected chi connectivity index (χ1v) is 8.38. The molecule has 2 aromatic heterocycles. The number of alkyl halides is 3. The molecule has 0 radical (unpaired) electrons. The monoisotopic (exact) mass is 397 g/mol. The SMILES string of the molecule is CCc1nc2c(Cl)cc(C(F)(F)F)cn2c1C(=O)Nc1cc(C)ccc1O. The molecule has 9 heteroatoms. The van der Waals surface area contributed by atoms with E-state index in [9.17, 15) is 23.1 Å². The Balaban J connectivity index is 2.15. The number of rotatable bonds is 3. The molecular formula is C18H15ClF3N3O2. The summed E-state index contributed by atoms with van der Waals surface area (Å²) in [6, 6.07) is 5.40. The van der Waals surface area contributed by atoms with Crippen molar-refractivity contribution in [2.24, 2.45) is 0 Å². The van der Waals surface area contributed by atoms with Crippen molar-refractivity contribution >= 4 is 28.8 Å². The van der Waals surface area contributed by atoms with Gasteiger partial charge in [-0.1, -0.05) is 24.6 Å². The van der Waals surface area contributed by atoms with Crippen LogP contribution in [-0.2, 0) is 12.6 Å². The van der Waals surface area contributed by atoms with E-state index in [4.69, 9.17) is 11.6 Å². The third-order valence-electron chi connectivity index (χ3n) is 4.02. The number of aryl methyl sites for hydroxylation is 2. The van der Waals surface area contributed by atoms with Gasteiger partial charge in [-0.15, -0.1) is 0 Å². The van der Waals surface area contributed by atoms with Gasteiger partial charge in [0.1, 0.15) is 11.4 Å². The number of anilines is 1. The smallest absolute Gasteiger partial charge is 0.417 e. The van der Waals surface area contributed by atoms with Gasteiger partial charge in [0.15, 0.2) is 5.65 Å². The molecule has 1 amide bonds. The summed E-state index contributed by atoms with van der Waals surface area (Å²) in [7, 11) is 0. The Bertz CT molecular complexity index is 1040. The number of imidazole rings is 1. The average molecular weight is 398 g/mol. The van der Waals surface area contributed by atoms with Crippen LogP contribution in [0.3, 0.4) is 0 Å². The van der Waals surface area contributed by atoms with Gasteiger partial charge in [-0.05, 0) is 37.1 Å². The number of carbonyl (C=O) groups is 1. The highest BCUT2D eigenvalue weighted by Crippen LogP contribution is 2.33. The number of nitrogens with zero attached hydrogens (tertiary/aromatic N) is 2. The lowest BCUT2D eigenvalue weighted by Gasteiger charge is -2.11. The molecule has 0 saturated heterocycles. The number of carbonyl (C=O) groups excluding carboxylic acids is 1. The molecule has 3 aromatic rings. The van der Waals surface area contributed by atoms with Crippen molar-refractivity contribution in [3.05, 3.63) is 58.0 Å². The topological polar surface area (TPSA) is 66.6 Å². The Hall–Kier alpha value is -2.74. The first-order valence-electron chi connectivity index (χ1n) is 8.00. The molecule has 0 spiro atoms. The van der Waals surface area contributed by atoms with Crippen LogP contribution < -0.4 is 5.32 Å². The third-order valence-corrected chi connectivity index (χ3v) is 4.30. The molecule has 1 aromatic carbocycles. The minimum Gasteiger partial charge on any atom is -0.506 e. The highest BCUT2D eigenvalue weighted by molar-refractivity contribution is 6.33. The number of aromatic hydroxyl groups is 1. The fourth-order valence-corrected chi connectivity index (χ4v) is 2.98. The van der Waals surface area contributed by atoms with E-state index >= 15 is 0 Å². The molecule has 0 saturated carbocycles. The van der Waals surface area contributed by atoms with Crippen molar-refractivity contribution in [1.29, 1.82) is 0 Å². The number of phenolic OH excluding ortho intramolecular Hbond substituents is 1. The lowest BCUT2D eigenvalue weighted by molar-refractivity contribution is -0.137. The van der Waals surface area contributed by atoms with E-state index in [0.29, 0.717) is 12.1 Å². The van der Waals surface area contributed by atoms with Crippen LogP contribution in [0.1, 0.15) is 34.2 Å². The number of fused-ring (bicyclic) bond motifs is 1. The van der Waals surface area contributed by atoms with E-state index in [1.54, 1.807) is 26.0 Å². The van der Waals surface area contributed by atoms with Gasteiger partial charge in [-0.25, -0.2) is 4.98 Å². The second kappa shape index (κ2) is 6.77. The summed E-state index contributed by atoms with van der Waals surface area (Å²) < 4.78 is 40.4. The fraction of sp³-hybridized carbons (Fsp3) is 0.222. The first kappa shape index (κ1) is 19.0. The van der Waals surface area contributed by atoms with Gasteiger partial charge < -0.3 is 10.4 Å². The number of phenols is 1. The molecule has 0 aliphatic carbocycles. The van der Waals surface area contributed by atoms with Crippen molar-refractivity contribution < 1.29 is 23.1 Å². The lowest BCUT2D eigenvalue weighted by Crippen LogP contribution is -2.17. The molecule has 0 unspecified atom stereocenters. The zero-order valence-electron chi connectivity index (χ0n) is 14.4. The van der Waals surface area contributed by atoms with Crippen molar-refractivity contribution in [2.45, 2.75) is 26.4 Å². The zero-order valence-corrected chi connectivity index (χ0v) is 15.1. The Labute approximate surface area is 157 Å². The third kappa shape index (κ3) is 3.57. The molecule has 142 valence electrons. The van der Waals surface area contributed by atoms with Gasteiger partial charge >= 0.3 is 6.18 Å². The largest absolute Gasteiger partial charge is 0.506 e. The summed E-state index contributed by atoms with van der Waals surface area (Å²) in [5, 5.41) is 12.2. The average Bonchev–Trinajstić information content (AvgIpc) is 2.96. The molecular weight excluding hydrogens is 383 g/mol. The highest BCUT2D eigenvalue weighted by atomic mass is 35.5. The van der Waals surface area contributed by atoms with Crippen LogP contribution in [0.4, 0.5) is 18.9 Å². The van der Waals surface area contributed by atoms with Gasteiger partial charge in [-0.3, -0.25) is 9.20 Å². The van der Waals surface area contributed by atoms with Crippen molar-refractivity contribution in [3.63, 3.8) is 0 Å². The summed E-state index contributed by atoms with van der Waals surface area (Å²) in [5.41, 5.74) is 0.226. The van der Waals surface area contributed by atoms with Crippen molar-refractivity contribution in [2.75, 3.05) is 5.32 Å². The van der Waals surface area contributed by atoms with Crippen LogP contribution in [-0.4, -0.2) is 20.4 Å². The normalized spacial score (nSPS) is 11.8. The molecule has 3 rings (SSSR count). The van der Waals surface area contributed by atoms with Crippen LogP contribution >= 0.6 is 11.6 Å². The van der Waals surface area contributed by atoms with Gasteiger partial charge in [0.2, 0.25) is 0 Å². The number of aromatic nitrogens is 2. The van der Waals surface area contributed by atoms with Gasteiger partial charge in [0.05, 0.1) is 22.0 Å². The van der Waals surface area contributed by atoms with E-state index in [1.165, 1.54) is 6.07 Å². The first-order chi connectivity index (χ1) is 12.6. The predicted octanol–water partition coefficient (Wildman–Crippen LogP) is 4.84. The molecule has 2 heterocycles. The Morgan fingerprint density at radius 3 is 2.67 bits per heavy atom. The van der Waals surface area contributed by atoms with Crippen LogP contribution in [0.15, 0.2) is 30.5 Å². The quantitative estimate of drug-likeness (QED) is 0.622. The zero-order chi connectivity index (χ0) is 19.9. The highest BCUT2D eigenvalue weighted by Gasteiger charge is 2.33. The number of amides is 1. The maximum atomic E-state index is 13.1. The Kier molecular flexibility index (Phi) is 4.77. The molecule has 0 aliphatic rings. The van der Waals surface area contributed by atoms with Gasteiger partial charge in [0, 0.05) is 6.20 Å². The van der Waals surface area contributed by atoms with Crippen molar-refractivity contribution in [1.82, 2.24) is 9.38 Å². The summed E-state index contributed by atoms with van der Waals surface area (Å²) in [4.78, 5) is 17.0. The molecule has 5 nitrogen and oxygen atoms in total. The van der Waals surface area contributed by atoms with Gasteiger partial charge in [-0.2, -0.15) is 13.2 Å². The number of pyridine rings is 1. The summed E-state index contributed by atoms with van der Waals surface area (Å²) in [6.07, 6.45) is -3.53. The van der Waals surface area contributed by atoms with Crippen molar-refractivity contribution in [3.8, 4) is 5.75 Å². The summed E-state index contributed by atoms with van der Waals surface area (Å²) >= 11 is 5.97. The molecule has 0 fully saturated rings. The number of hydrogen-bond acceptors (Lipinski definition) is 3. The van der Waals surface area contributed by atoms with E-state index in [0.717, 1.165) is 22.2 Å². The maximum Gasteiger partial charge on any atom is 0.417 e. The maximum absolute atomic E-state index is 13.1. The molecule has 2 N–H and O–H groups in total. The number of nitrogens with one attached hydrogen (secondary N) is 1. The summed E-state index contributed by atoms with van der Waals surface area (Å²) in [6.45, 7) is 3.50. The standard InChI is InChI=1S/C18H15ClF3N3O2/c1-3-12-15(17(27)24-13-6-9(2)4-5-14(13)26)25-8-10(18(20,21)22)7-11(19)16(25)23-12/h4-8,26H,3H2,1-2H3,(H,24,27). The number of hydrogen-bond donors (Lipinski definition) is 2. The van der Waals surface area contributed by atoms with Gasteiger partial charge in [0.25, 0.3) is 5.91 Å². The molecule has 0 aliphatic heterocycles. The Morgan fingerprint density at radius 1 is 1.33 bits per heavy atom. The number of benzene rings is 1. The van der Waals surface area contributed by atoms with E-state index in [1.807, 2.05) is 0 Å². The van der Waals surface area contributed by atoms with Crippen LogP contribution in [0, 0.1) is 6.92 Å². The minimum atomic E-state index is -4.63. The Morgan fingerprint density at radius 2 is 2.04 bits per heavy atom. The van der Waals surface area contributed by atoms with E-state index in [-0.39, 0.29) is 27.8 Å². The van der Waals surface area contributed by atoms with Crippen LogP contribution in [0.25, 0.3) is 5.65 Å². The minimum absolute atomic E-state index is 0.0557. The lowest BCUT2D eigenvalue weighted by atomic mass is 10.2. The molecule has 0 atom stereocenters. The van der Waals surface area contributed by atoms with E-state index in [2.05, 4.69) is 10.3 Å². The van der Waals surface area contributed by atoms with E-state index < -0.39 is 17.6 Å². The van der Waals surface area contributed by atoms with Crippen LogP contribution in [0.5, 0.6) is 5.75 Å². The second-order valence-electron chi connectivity index (χ2n) is 6.00. The number of halogens is 4. The summed E-state index contributed by atoms with van der Waals surface area (Å²) in [5.74, 6) is -0.856.